The van der Waals surface area contributed by atoms with Gasteiger partial charge in [0.05, 0.1) is 5.52 Å². The fourth-order valence-corrected chi connectivity index (χ4v) is 2.92. The second-order valence-corrected chi connectivity index (χ2v) is 5.45. The summed E-state index contributed by atoms with van der Waals surface area (Å²) in [5.41, 5.74) is 8.96. The van der Waals surface area contributed by atoms with Gasteiger partial charge in [0.1, 0.15) is 16.9 Å². The van der Waals surface area contributed by atoms with E-state index in [2.05, 4.69) is 15.0 Å². The Labute approximate surface area is 124 Å². The fraction of sp³-hybridized carbons (Fsp3) is 0. The number of oxazole rings is 1. The molecule has 0 radical (unpaired) electrons. The highest BCUT2D eigenvalue weighted by molar-refractivity contribution is 7.99. The van der Waals surface area contributed by atoms with Gasteiger partial charge in [0, 0.05) is 11.1 Å². The lowest BCUT2D eigenvalue weighted by Gasteiger charge is -2.02. The molecule has 0 aliphatic heterocycles. The third-order valence-electron chi connectivity index (χ3n) is 3.08. The molecule has 0 aliphatic rings. The van der Waals surface area contributed by atoms with Gasteiger partial charge in [-0.15, -0.1) is 0 Å². The Kier molecular flexibility index (Phi) is 2.75. The number of benzene rings is 2. The van der Waals surface area contributed by atoms with Crippen LogP contribution >= 0.6 is 11.8 Å². The van der Waals surface area contributed by atoms with Gasteiger partial charge in [-0.05, 0) is 42.1 Å². The number of para-hydroxylation sites is 2. The van der Waals surface area contributed by atoms with E-state index < -0.39 is 0 Å². The normalized spacial score (nSPS) is 11.2. The smallest absolute Gasteiger partial charge is 0.263 e. The number of anilines is 1. The van der Waals surface area contributed by atoms with Gasteiger partial charge in [-0.1, -0.05) is 12.1 Å². The van der Waals surface area contributed by atoms with Gasteiger partial charge in [0.2, 0.25) is 0 Å². The van der Waals surface area contributed by atoms with Crippen molar-refractivity contribution in [2.24, 2.45) is 0 Å². The van der Waals surface area contributed by atoms with Crippen LogP contribution in [0.25, 0.3) is 22.0 Å². The second kappa shape index (κ2) is 4.75. The summed E-state index contributed by atoms with van der Waals surface area (Å²) in [6.07, 6.45) is 1.53. The largest absolute Gasteiger partial charge is 0.431 e. The zero-order chi connectivity index (χ0) is 14.2. The molecule has 0 aliphatic carbocycles. The third-order valence-corrected chi connectivity index (χ3v) is 3.95. The zero-order valence-electron chi connectivity index (χ0n) is 10.9. The maximum atomic E-state index is 5.84. The number of rotatable bonds is 2. The number of nitrogens with two attached hydrogens (primary N) is 1. The Balaban J connectivity index is 1.81. The molecule has 0 bridgehead atoms. The first-order valence-corrected chi connectivity index (χ1v) is 7.15. The van der Waals surface area contributed by atoms with Crippen LogP contribution in [0.15, 0.2) is 63.5 Å². The third kappa shape index (κ3) is 2.19. The molecule has 5 nitrogen and oxygen atoms in total. The van der Waals surface area contributed by atoms with Crippen LogP contribution in [0.2, 0.25) is 0 Å². The van der Waals surface area contributed by atoms with E-state index in [0.717, 1.165) is 27.0 Å². The van der Waals surface area contributed by atoms with Crippen molar-refractivity contribution in [1.82, 2.24) is 15.0 Å². The summed E-state index contributed by atoms with van der Waals surface area (Å²) in [5.74, 6) is 0. The Morgan fingerprint density at radius 3 is 2.81 bits per heavy atom. The fourth-order valence-electron chi connectivity index (χ4n) is 2.11. The van der Waals surface area contributed by atoms with E-state index in [0.29, 0.717) is 10.9 Å². The summed E-state index contributed by atoms with van der Waals surface area (Å²) < 4.78 is 5.71. The number of aromatic nitrogens is 3. The maximum Gasteiger partial charge on any atom is 0.263 e. The molecule has 6 heteroatoms. The number of fused-ring (bicyclic) bond motifs is 2. The standard InChI is InChI=1S/C15H10N4OS/c16-9-5-6-11-10(7-9)14(18-8-17-11)21-15-19-12-3-1-2-4-13(12)20-15/h1-8H,16H2. The van der Waals surface area contributed by atoms with E-state index in [1.165, 1.54) is 18.1 Å². The zero-order valence-corrected chi connectivity index (χ0v) is 11.7. The first-order valence-electron chi connectivity index (χ1n) is 6.33. The summed E-state index contributed by atoms with van der Waals surface area (Å²) in [6.45, 7) is 0. The predicted molar refractivity (Wildman–Crippen MR) is 82.1 cm³/mol. The van der Waals surface area contributed by atoms with Crippen LogP contribution < -0.4 is 5.73 Å². The quantitative estimate of drug-likeness (QED) is 0.450. The first kappa shape index (κ1) is 12.2. The highest BCUT2D eigenvalue weighted by Gasteiger charge is 2.11. The van der Waals surface area contributed by atoms with Crippen LogP contribution in [-0.2, 0) is 0 Å². The second-order valence-electron chi connectivity index (χ2n) is 4.50. The average Bonchev–Trinajstić information content (AvgIpc) is 2.90. The van der Waals surface area contributed by atoms with Crippen molar-refractivity contribution in [3.63, 3.8) is 0 Å². The number of nitrogens with zero attached hydrogens (tertiary/aromatic N) is 3. The topological polar surface area (TPSA) is 77.8 Å². The lowest BCUT2D eigenvalue weighted by atomic mass is 10.2. The molecule has 2 heterocycles. The van der Waals surface area contributed by atoms with Crippen LogP contribution in [0.1, 0.15) is 0 Å². The first-order chi connectivity index (χ1) is 10.3. The van der Waals surface area contributed by atoms with Crippen molar-refractivity contribution in [3.8, 4) is 0 Å². The molecule has 4 aromatic rings. The Morgan fingerprint density at radius 1 is 1.00 bits per heavy atom. The molecule has 0 saturated heterocycles. The minimum atomic E-state index is 0.554. The lowest BCUT2D eigenvalue weighted by molar-refractivity contribution is 0.489. The van der Waals surface area contributed by atoms with Gasteiger partial charge in [0.15, 0.2) is 5.58 Å². The molecule has 2 N–H and O–H groups in total. The van der Waals surface area contributed by atoms with Crippen molar-refractivity contribution in [1.29, 1.82) is 0 Å². The van der Waals surface area contributed by atoms with Gasteiger partial charge >= 0.3 is 0 Å². The summed E-state index contributed by atoms with van der Waals surface area (Å²) in [5, 5.41) is 2.22. The predicted octanol–water partition coefficient (Wildman–Crippen LogP) is 3.50. The van der Waals surface area contributed by atoms with E-state index in [1.54, 1.807) is 0 Å². The van der Waals surface area contributed by atoms with Crippen molar-refractivity contribution in [3.05, 3.63) is 48.8 Å². The lowest BCUT2D eigenvalue weighted by Crippen LogP contribution is -1.90. The molecule has 102 valence electrons. The summed E-state index contributed by atoms with van der Waals surface area (Å²) >= 11 is 1.37. The highest BCUT2D eigenvalue weighted by Crippen LogP contribution is 2.32. The molecule has 0 fully saturated rings. The van der Waals surface area contributed by atoms with E-state index in [9.17, 15) is 0 Å². The minimum absolute atomic E-state index is 0.554. The molecular weight excluding hydrogens is 284 g/mol. The van der Waals surface area contributed by atoms with Crippen molar-refractivity contribution >= 4 is 39.5 Å². The summed E-state index contributed by atoms with van der Waals surface area (Å²) in [7, 11) is 0. The molecule has 0 amide bonds. The van der Waals surface area contributed by atoms with E-state index in [1.807, 2.05) is 42.5 Å². The average molecular weight is 294 g/mol. The molecule has 0 atom stereocenters. The van der Waals surface area contributed by atoms with Crippen LogP contribution in [0.5, 0.6) is 0 Å². The molecule has 2 aromatic heterocycles. The number of nitrogen functional groups attached to an aromatic ring is 1. The van der Waals surface area contributed by atoms with Gasteiger partial charge in [-0.3, -0.25) is 0 Å². The van der Waals surface area contributed by atoms with Gasteiger partial charge in [-0.25, -0.2) is 15.0 Å². The van der Waals surface area contributed by atoms with E-state index in [-0.39, 0.29) is 0 Å². The molecular formula is C15H10N4OS. The molecule has 0 saturated carbocycles. The van der Waals surface area contributed by atoms with Crippen LogP contribution in [-0.4, -0.2) is 15.0 Å². The number of hydrogen-bond donors (Lipinski definition) is 1. The van der Waals surface area contributed by atoms with Crippen molar-refractivity contribution < 1.29 is 4.42 Å². The van der Waals surface area contributed by atoms with Gasteiger partial charge in [0.25, 0.3) is 5.22 Å². The molecule has 0 spiro atoms. The summed E-state index contributed by atoms with van der Waals surface area (Å²) in [6, 6.07) is 13.2. The SMILES string of the molecule is Nc1ccc2ncnc(Sc3nc4ccccc4o3)c2c1. The monoisotopic (exact) mass is 294 g/mol. The minimum Gasteiger partial charge on any atom is -0.431 e. The Hall–Kier alpha value is -2.60. The Morgan fingerprint density at radius 2 is 1.90 bits per heavy atom. The highest BCUT2D eigenvalue weighted by atomic mass is 32.2. The van der Waals surface area contributed by atoms with Gasteiger partial charge < -0.3 is 10.2 Å². The maximum absolute atomic E-state index is 5.84. The van der Waals surface area contributed by atoms with Crippen LogP contribution in [0.3, 0.4) is 0 Å². The molecule has 21 heavy (non-hydrogen) atoms. The van der Waals surface area contributed by atoms with Crippen molar-refractivity contribution in [2.75, 3.05) is 5.73 Å². The van der Waals surface area contributed by atoms with Crippen molar-refractivity contribution in [2.45, 2.75) is 10.2 Å². The van der Waals surface area contributed by atoms with Crippen LogP contribution in [0, 0.1) is 0 Å². The summed E-state index contributed by atoms with van der Waals surface area (Å²) in [4.78, 5) is 13.0. The van der Waals surface area contributed by atoms with E-state index in [4.69, 9.17) is 10.2 Å². The Bertz CT molecular complexity index is 918. The van der Waals surface area contributed by atoms with E-state index >= 15 is 0 Å². The molecule has 0 unspecified atom stereocenters. The molecule has 4 rings (SSSR count). The van der Waals surface area contributed by atoms with Gasteiger partial charge in [-0.2, -0.15) is 0 Å². The molecule has 2 aromatic carbocycles. The number of hydrogen-bond acceptors (Lipinski definition) is 6. The van der Waals surface area contributed by atoms with Crippen LogP contribution in [0.4, 0.5) is 5.69 Å².